The van der Waals surface area contributed by atoms with E-state index in [1.165, 1.54) is 19.2 Å². The van der Waals surface area contributed by atoms with Gasteiger partial charge in [0.05, 0.1) is 17.7 Å². The van der Waals surface area contributed by atoms with E-state index in [-0.39, 0.29) is 11.6 Å². The number of nitrogens with zero attached hydrogens (tertiary/aromatic N) is 1. The minimum absolute atomic E-state index is 0.0353. The van der Waals surface area contributed by atoms with Crippen molar-refractivity contribution in [2.75, 3.05) is 12.4 Å². The van der Waals surface area contributed by atoms with Gasteiger partial charge in [-0.05, 0) is 41.8 Å². The summed E-state index contributed by atoms with van der Waals surface area (Å²) in [5, 5.41) is 14.0. The van der Waals surface area contributed by atoms with Gasteiger partial charge in [-0.25, -0.2) is 0 Å². The number of nitro benzene ring substituents is 1. The van der Waals surface area contributed by atoms with Crippen LogP contribution in [-0.2, 0) is 4.79 Å². The lowest BCUT2D eigenvalue weighted by Crippen LogP contribution is -2.14. The molecule has 3 rings (SSSR count). The molecule has 3 aromatic carbocycles. The maximum Gasteiger partial charge on any atom is 0.270 e. The van der Waals surface area contributed by atoms with Gasteiger partial charge in [0.1, 0.15) is 5.75 Å². The number of hydrogen-bond donors (Lipinski definition) is 1. The van der Waals surface area contributed by atoms with E-state index in [0.29, 0.717) is 28.1 Å². The van der Waals surface area contributed by atoms with Gasteiger partial charge >= 0.3 is 0 Å². The predicted molar refractivity (Wildman–Crippen MR) is 114 cm³/mol. The maximum atomic E-state index is 13.1. The first-order valence-electron chi connectivity index (χ1n) is 8.95. The number of rotatable bonds is 6. The SMILES string of the molecule is COc1ccc(C)cc1NC(=O)/C(=C/c1cccc([N+](=O)[O-])c1)c1ccccc1. The van der Waals surface area contributed by atoms with Crippen LogP contribution in [0.15, 0.2) is 72.8 Å². The molecule has 0 radical (unpaired) electrons. The Morgan fingerprint density at radius 2 is 1.79 bits per heavy atom. The van der Waals surface area contributed by atoms with Crippen molar-refractivity contribution in [2.45, 2.75) is 6.92 Å². The first-order chi connectivity index (χ1) is 14.0. The van der Waals surface area contributed by atoms with Gasteiger partial charge in [0, 0.05) is 17.7 Å². The molecule has 0 aliphatic heterocycles. The molecule has 0 bridgehead atoms. The number of amides is 1. The van der Waals surface area contributed by atoms with E-state index in [1.807, 2.05) is 49.4 Å². The van der Waals surface area contributed by atoms with Crippen molar-refractivity contribution in [3.8, 4) is 5.75 Å². The molecule has 0 fully saturated rings. The molecule has 0 heterocycles. The molecule has 0 spiro atoms. The standard InChI is InChI=1S/C23H20N2O4/c1-16-11-12-22(29-2)21(13-16)24-23(26)20(18-8-4-3-5-9-18)15-17-7-6-10-19(14-17)25(27)28/h3-15H,1-2H3,(H,24,26)/b20-15+. The monoisotopic (exact) mass is 388 g/mol. The fourth-order valence-electron chi connectivity index (χ4n) is 2.90. The van der Waals surface area contributed by atoms with E-state index in [9.17, 15) is 14.9 Å². The van der Waals surface area contributed by atoms with Crippen LogP contribution in [0.4, 0.5) is 11.4 Å². The van der Waals surface area contributed by atoms with E-state index < -0.39 is 4.92 Å². The Kier molecular flexibility index (Phi) is 6.04. The zero-order chi connectivity index (χ0) is 20.8. The molecule has 29 heavy (non-hydrogen) atoms. The van der Waals surface area contributed by atoms with Crippen LogP contribution in [0.3, 0.4) is 0 Å². The summed E-state index contributed by atoms with van der Waals surface area (Å²) in [6, 6.07) is 20.8. The molecule has 146 valence electrons. The van der Waals surface area contributed by atoms with Crippen LogP contribution in [0.5, 0.6) is 5.75 Å². The molecule has 6 nitrogen and oxygen atoms in total. The molecule has 0 unspecified atom stereocenters. The van der Waals surface area contributed by atoms with Gasteiger partial charge in [-0.3, -0.25) is 14.9 Å². The number of nitro groups is 1. The molecular formula is C23H20N2O4. The van der Waals surface area contributed by atoms with Gasteiger partial charge in [0.2, 0.25) is 0 Å². The Hall–Kier alpha value is -3.93. The summed E-state index contributed by atoms with van der Waals surface area (Å²) in [7, 11) is 1.54. The Labute approximate surface area is 168 Å². The number of ether oxygens (including phenoxy) is 1. The van der Waals surface area contributed by atoms with Gasteiger partial charge in [-0.15, -0.1) is 0 Å². The number of carbonyl (C=O) groups excluding carboxylic acids is 1. The van der Waals surface area contributed by atoms with Crippen LogP contribution in [0.1, 0.15) is 16.7 Å². The first-order valence-corrected chi connectivity index (χ1v) is 8.95. The third kappa shape index (κ3) is 4.87. The Balaban J connectivity index is 2.03. The molecule has 0 saturated carbocycles. The summed E-state index contributed by atoms with van der Waals surface area (Å²) in [5.41, 5.74) is 3.14. The second-order valence-corrected chi connectivity index (χ2v) is 6.43. The highest BCUT2D eigenvalue weighted by Gasteiger charge is 2.15. The van der Waals surface area contributed by atoms with Crippen molar-refractivity contribution in [2.24, 2.45) is 0 Å². The molecule has 1 amide bonds. The summed E-state index contributed by atoms with van der Waals surface area (Å²) in [6.45, 7) is 1.92. The number of methoxy groups -OCH3 is 1. The summed E-state index contributed by atoms with van der Waals surface area (Å²) < 4.78 is 5.34. The third-order valence-corrected chi connectivity index (χ3v) is 4.32. The van der Waals surface area contributed by atoms with Crippen LogP contribution in [-0.4, -0.2) is 17.9 Å². The van der Waals surface area contributed by atoms with E-state index in [4.69, 9.17) is 4.74 Å². The molecule has 0 saturated heterocycles. The van der Waals surface area contributed by atoms with Crippen molar-refractivity contribution in [1.29, 1.82) is 0 Å². The minimum Gasteiger partial charge on any atom is -0.495 e. The lowest BCUT2D eigenvalue weighted by Gasteiger charge is -2.13. The highest BCUT2D eigenvalue weighted by atomic mass is 16.6. The minimum atomic E-state index is -0.461. The number of non-ortho nitro benzene ring substituents is 1. The van der Waals surface area contributed by atoms with Gasteiger partial charge in [0.25, 0.3) is 11.6 Å². The van der Waals surface area contributed by atoms with Crippen LogP contribution < -0.4 is 10.1 Å². The van der Waals surface area contributed by atoms with Crippen molar-refractivity contribution >= 4 is 28.9 Å². The smallest absolute Gasteiger partial charge is 0.270 e. The van der Waals surface area contributed by atoms with Gasteiger partial charge in [-0.2, -0.15) is 0 Å². The summed E-state index contributed by atoms with van der Waals surface area (Å²) in [6.07, 6.45) is 1.64. The molecule has 0 atom stereocenters. The zero-order valence-electron chi connectivity index (χ0n) is 16.1. The highest BCUT2D eigenvalue weighted by molar-refractivity contribution is 6.29. The number of carbonyl (C=O) groups is 1. The molecule has 0 aromatic heterocycles. The summed E-state index contributed by atoms with van der Waals surface area (Å²) in [5.74, 6) is 0.207. The number of hydrogen-bond acceptors (Lipinski definition) is 4. The average Bonchev–Trinajstić information content (AvgIpc) is 2.73. The fraction of sp³-hybridized carbons (Fsp3) is 0.0870. The summed E-state index contributed by atoms with van der Waals surface area (Å²) >= 11 is 0. The largest absolute Gasteiger partial charge is 0.495 e. The lowest BCUT2D eigenvalue weighted by atomic mass is 10.0. The quantitative estimate of drug-likeness (QED) is 0.276. The van der Waals surface area contributed by atoms with Crippen LogP contribution in [0, 0.1) is 17.0 Å². The van der Waals surface area contributed by atoms with E-state index in [1.54, 1.807) is 24.3 Å². The topological polar surface area (TPSA) is 81.5 Å². The van der Waals surface area contributed by atoms with Crippen molar-refractivity contribution in [1.82, 2.24) is 0 Å². The molecular weight excluding hydrogens is 368 g/mol. The Morgan fingerprint density at radius 1 is 1.03 bits per heavy atom. The Bertz CT molecular complexity index is 1080. The van der Waals surface area contributed by atoms with E-state index in [0.717, 1.165) is 5.56 Å². The highest BCUT2D eigenvalue weighted by Crippen LogP contribution is 2.28. The Morgan fingerprint density at radius 3 is 2.48 bits per heavy atom. The van der Waals surface area contributed by atoms with Gasteiger partial charge < -0.3 is 10.1 Å². The van der Waals surface area contributed by atoms with Crippen molar-refractivity contribution < 1.29 is 14.5 Å². The maximum absolute atomic E-state index is 13.1. The van der Waals surface area contributed by atoms with E-state index in [2.05, 4.69) is 5.32 Å². The second-order valence-electron chi connectivity index (χ2n) is 6.43. The number of benzene rings is 3. The van der Waals surface area contributed by atoms with Gasteiger partial charge in [0.15, 0.2) is 0 Å². The van der Waals surface area contributed by atoms with Crippen molar-refractivity contribution in [3.63, 3.8) is 0 Å². The predicted octanol–water partition coefficient (Wildman–Crippen LogP) is 5.09. The van der Waals surface area contributed by atoms with Crippen LogP contribution >= 0.6 is 0 Å². The number of aryl methyl sites for hydroxylation is 1. The fourth-order valence-corrected chi connectivity index (χ4v) is 2.90. The van der Waals surface area contributed by atoms with Gasteiger partial charge in [-0.1, -0.05) is 48.5 Å². The molecule has 1 N–H and O–H groups in total. The lowest BCUT2D eigenvalue weighted by molar-refractivity contribution is -0.384. The van der Waals surface area contributed by atoms with E-state index >= 15 is 0 Å². The molecule has 3 aromatic rings. The normalized spacial score (nSPS) is 11.0. The van der Waals surface area contributed by atoms with Crippen LogP contribution in [0.25, 0.3) is 11.6 Å². The van der Waals surface area contributed by atoms with Crippen molar-refractivity contribution in [3.05, 3.63) is 99.6 Å². The molecule has 0 aliphatic carbocycles. The number of anilines is 1. The average molecular weight is 388 g/mol. The van der Waals surface area contributed by atoms with Crippen LogP contribution in [0.2, 0.25) is 0 Å². The summed E-state index contributed by atoms with van der Waals surface area (Å²) in [4.78, 5) is 23.8. The molecule has 0 aliphatic rings. The first kappa shape index (κ1) is 19.8. The zero-order valence-corrected chi connectivity index (χ0v) is 16.1. The number of nitrogens with one attached hydrogen (secondary N) is 1. The second kappa shape index (κ2) is 8.84. The molecule has 6 heteroatoms. The third-order valence-electron chi connectivity index (χ3n) is 4.32.